The Labute approximate surface area is 94.3 Å². The molecule has 1 aromatic heterocycles. The van der Waals surface area contributed by atoms with Crippen LogP contribution in [0.3, 0.4) is 0 Å². The van der Waals surface area contributed by atoms with Crippen LogP contribution < -0.4 is 0 Å². The fourth-order valence-corrected chi connectivity index (χ4v) is 1.76. The Bertz CT molecular complexity index is 226. The minimum Gasteiger partial charge on any atom is -0.241 e. The predicted molar refractivity (Wildman–Crippen MR) is 62.6 cm³/mol. The standard InChI is InChI=1S/C11H17BrN2/c12-8-5-3-1-2-4-7-11-13-9-6-10-14-11/h6,9-10H,1-5,7-8H2. The fraction of sp³-hybridized carbons (Fsp3) is 0.636. The van der Waals surface area contributed by atoms with Crippen molar-refractivity contribution < 1.29 is 0 Å². The van der Waals surface area contributed by atoms with E-state index in [1.54, 1.807) is 0 Å². The Morgan fingerprint density at radius 2 is 1.57 bits per heavy atom. The van der Waals surface area contributed by atoms with Crippen LogP contribution in [0.2, 0.25) is 0 Å². The smallest absolute Gasteiger partial charge is 0.128 e. The molecule has 1 aromatic rings. The van der Waals surface area contributed by atoms with Gasteiger partial charge in [-0.1, -0.05) is 35.2 Å². The van der Waals surface area contributed by atoms with Crippen molar-refractivity contribution in [1.29, 1.82) is 0 Å². The van der Waals surface area contributed by atoms with E-state index in [2.05, 4.69) is 25.9 Å². The van der Waals surface area contributed by atoms with Gasteiger partial charge in [-0.05, 0) is 18.9 Å². The first-order valence-corrected chi connectivity index (χ1v) is 6.37. The van der Waals surface area contributed by atoms with Crippen molar-refractivity contribution >= 4 is 15.9 Å². The second-order valence-electron chi connectivity index (χ2n) is 3.37. The van der Waals surface area contributed by atoms with Gasteiger partial charge in [0.2, 0.25) is 0 Å². The lowest BCUT2D eigenvalue weighted by molar-refractivity contribution is 0.625. The van der Waals surface area contributed by atoms with Crippen LogP contribution in [0.5, 0.6) is 0 Å². The normalized spacial score (nSPS) is 10.4. The van der Waals surface area contributed by atoms with E-state index < -0.39 is 0 Å². The summed E-state index contributed by atoms with van der Waals surface area (Å²) in [6.45, 7) is 0. The quantitative estimate of drug-likeness (QED) is 0.553. The average Bonchev–Trinajstić information content (AvgIpc) is 2.25. The van der Waals surface area contributed by atoms with Crippen LogP contribution in [-0.2, 0) is 6.42 Å². The van der Waals surface area contributed by atoms with Gasteiger partial charge in [0.25, 0.3) is 0 Å². The topological polar surface area (TPSA) is 25.8 Å². The van der Waals surface area contributed by atoms with Crippen LogP contribution >= 0.6 is 15.9 Å². The Morgan fingerprint density at radius 1 is 0.929 bits per heavy atom. The maximum Gasteiger partial charge on any atom is 0.128 e. The number of unbranched alkanes of at least 4 members (excludes halogenated alkanes) is 4. The summed E-state index contributed by atoms with van der Waals surface area (Å²) in [5, 5.41) is 1.13. The molecule has 0 aromatic carbocycles. The summed E-state index contributed by atoms with van der Waals surface area (Å²) in [6, 6.07) is 1.86. The van der Waals surface area contributed by atoms with Crippen LogP contribution in [0.15, 0.2) is 18.5 Å². The van der Waals surface area contributed by atoms with Gasteiger partial charge in [0.15, 0.2) is 0 Å². The molecule has 0 amide bonds. The largest absolute Gasteiger partial charge is 0.241 e. The fourth-order valence-electron chi connectivity index (χ4n) is 1.37. The van der Waals surface area contributed by atoms with Crippen molar-refractivity contribution in [3.8, 4) is 0 Å². The highest BCUT2D eigenvalue weighted by atomic mass is 79.9. The number of nitrogens with zero attached hydrogens (tertiary/aromatic N) is 2. The molecular formula is C11H17BrN2. The van der Waals surface area contributed by atoms with Gasteiger partial charge in [0.1, 0.15) is 5.82 Å². The summed E-state index contributed by atoms with van der Waals surface area (Å²) in [7, 11) is 0. The molecule has 0 spiro atoms. The number of alkyl halides is 1. The SMILES string of the molecule is BrCCCCCCCc1ncccn1. The van der Waals surface area contributed by atoms with Crippen LogP contribution in [0.4, 0.5) is 0 Å². The summed E-state index contributed by atoms with van der Waals surface area (Å²) >= 11 is 3.44. The van der Waals surface area contributed by atoms with E-state index in [1.807, 2.05) is 18.5 Å². The Morgan fingerprint density at radius 3 is 2.29 bits per heavy atom. The molecule has 0 fully saturated rings. The van der Waals surface area contributed by atoms with E-state index in [-0.39, 0.29) is 0 Å². The van der Waals surface area contributed by atoms with E-state index in [1.165, 1.54) is 32.1 Å². The van der Waals surface area contributed by atoms with Gasteiger partial charge in [-0.25, -0.2) is 9.97 Å². The molecule has 0 unspecified atom stereocenters. The third-order valence-electron chi connectivity index (χ3n) is 2.15. The molecule has 2 nitrogen and oxygen atoms in total. The molecule has 0 N–H and O–H groups in total. The van der Waals surface area contributed by atoms with E-state index in [9.17, 15) is 0 Å². The van der Waals surface area contributed by atoms with Crippen LogP contribution in [0.1, 0.15) is 37.9 Å². The maximum atomic E-state index is 4.19. The molecule has 0 saturated carbocycles. The Hall–Kier alpha value is -0.440. The van der Waals surface area contributed by atoms with Crippen molar-refractivity contribution in [2.24, 2.45) is 0 Å². The van der Waals surface area contributed by atoms with Gasteiger partial charge in [-0.15, -0.1) is 0 Å². The number of aryl methyl sites for hydroxylation is 1. The number of rotatable bonds is 7. The summed E-state index contributed by atoms with van der Waals surface area (Å²) in [4.78, 5) is 8.39. The monoisotopic (exact) mass is 256 g/mol. The highest BCUT2D eigenvalue weighted by molar-refractivity contribution is 9.09. The second kappa shape index (κ2) is 7.92. The van der Waals surface area contributed by atoms with E-state index in [0.717, 1.165) is 17.6 Å². The molecule has 0 saturated heterocycles. The van der Waals surface area contributed by atoms with Crippen molar-refractivity contribution in [3.05, 3.63) is 24.3 Å². The van der Waals surface area contributed by atoms with E-state index in [0.29, 0.717) is 0 Å². The third-order valence-corrected chi connectivity index (χ3v) is 2.71. The molecule has 0 aliphatic carbocycles. The number of aromatic nitrogens is 2. The molecule has 0 aliphatic rings. The summed E-state index contributed by atoms with van der Waals surface area (Å²) in [5.74, 6) is 0.980. The van der Waals surface area contributed by atoms with Gasteiger partial charge in [-0.2, -0.15) is 0 Å². The number of halogens is 1. The molecular weight excluding hydrogens is 240 g/mol. The van der Waals surface area contributed by atoms with Crippen LogP contribution in [0.25, 0.3) is 0 Å². The lowest BCUT2D eigenvalue weighted by Crippen LogP contribution is -1.93. The summed E-state index contributed by atoms with van der Waals surface area (Å²) in [5.41, 5.74) is 0. The summed E-state index contributed by atoms with van der Waals surface area (Å²) in [6.07, 6.45) is 11.1. The lowest BCUT2D eigenvalue weighted by atomic mass is 10.1. The first kappa shape index (κ1) is 11.6. The van der Waals surface area contributed by atoms with Crippen molar-refractivity contribution in [1.82, 2.24) is 9.97 Å². The van der Waals surface area contributed by atoms with Crippen molar-refractivity contribution in [3.63, 3.8) is 0 Å². The van der Waals surface area contributed by atoms with Crippen molar-refractivity contribution in [2.45, 2.75) is 38.5 Å². The third kappa shape index (κ3) is 5.32. The van der Waals surface area contributed by atoms with E-state index >= 15 is 0 Å². The minimum atomic E-state index is 0.980. The molecule has 0 radical (unpaired) electrons. The molecule has 3 heteroatoms. The van der Waals surface area contributed by atoms with Gasteiger partial charge >= 0.3 is 0 Å². The van der Waals surface area contributed by atoms with Gasteiger partial charge in [0, 0.05) is 24.1 Å². The molecule has 0 bridgehead atoms. The number of hydrogen-bond acceptors (Lipinski definition) is 2. The first-order valence-electron chi connectivity index (χ1n) is 5.25. The average molecular weight is 257 g/mol. The Balaban J connectivity index is 1.99. The zero-order valence-corrected chi connectivity index (χ0v) is 10.0. The second-order valence-corrected chi connectivity index (χ2v) is 4.16. The predicted octanol–water partition coefficient (Wildman–Crippen LogP) is 3.36. The first-order chi connectivity index (χ1) is 6.93. The lowest BCUT2D eigenvalue weighted by Gasteiger charge is -1.99. The van der Waals surface area contributed by atoms with Crippen LogP contribution in [0, 0.1) is 0 Å². The van der Waals surface area contributed by atoms with E-state index in [4.69, 9.17) is 0 Å². The maximum absolute atomic E-state index is 4.19. The highest BCUT2D eigenvalue weighted by Gasteiger charge is 1.94. The zero-order valence-electron chi connectivity index (χ0n) is 8.45. The summed E-state index contributed by atoms with van der Waals surface area (Å²) < 4.78 is 0. The molecule has 0 atom stereocenters. The highest BCUT2D eigenvalue weighted by Crippen LogP contribution is 2.06. The van der Waals surface area contributed by atoms with Gasteiger partial charge < -0.3 is 0 Å². The minimum absolute atomic E-state index is 0.980. The molecule has 14 heavy (non-hydrogen) atoms. The van der Waals surface area contributed by atoms with Crippen LogP contribution in [-0.4, -0.2) is 15.3 Å². The molecule has 78 valence electrons. The molecule has 1 heterocycles. The van der Waals surface area contributed by atoms with Gasteiger partial charge in [-0.3, -0.25) is 0 Å². The van der Waals surface area contributed by atoms with Gasteiger partial charge in [0.05, 0.1) is 0 Å². The van der Waals surface area contributed by atoms with Crippen molar-refractivity contribution in [2.75, 3.05) is 5.33 Å². The number of hydrogen-bond donors (Lipinski definition) is 0. The molecule has 1 rings (SSSR count). The Kier molecular flexibility index (Phi) is 6.58. The zero-order chi connectivity index (χ0) is 10.1. The molecule has 0 aliphatic heterocycles.